The fourth-order valence-electron chi connectivity index (χ4n) is 1.70. The van der Waals surface area contributed by atoms with Crippen molar-refractivity contribution in [2.24, 2.45) is 5.73 Å². The molecule has 16 heavy (non-hydrogen) atoms. The first-order valence-electron chi connectivity index (χ1n) is 4.49. The van der Waals surface area contributed by atoms with Gasteiger partial charge in [0.2, 0.25) is 5.91 Å². The smallest absolute Gasteiger partial charge is 0.335 e. The first-order valence-corrected chi connectivity index (χ1v) is 4.49. The lowest BCUT2D eigenvalue weighted by Gasteiger charge is -2.11. The van der Waals surface area contributed by atoms with Crippen molar-refractivity contribution in [3.05, 3.63) is 29.3 Å². The zero-order valence-corrected chi connectivity index (χ0v) is 8.14. The molecule has 0 atom stereocenters. The van der Waals surface area contributed by atoms with E-state index in [0.29, 0.717) is 11.3 Å². The van der Waals surface area contributed by atoms with Gasteiger partial charge in [-0.3, -0.25) is 4.79 Å². The van der Waals surface area contributed by atoms with Crippen LogP contribution in [-0.2, 0) is 11.2 Å². The molecule has 1 aromatic rings. The van der Waals surface area contributed by atoms with Gasteiger partial charge in [0, 0.05) is 0 Å². The van der Waals surface area contributed by atoms with Crippen molar-refractivity contribution in [3.63, 3.8) is 0 Å². The van der Waals surface area contributed by atoms with E-state index in [9.17, 15) is 14.4 Å². The SMILES string of the molecule is NC(=O)N1C(=O)Cc2cc(C(=O)O)ccc21. The van der Waals surface area contributed by atoms with Gasteiger partial charge in [-0.1, -0.05) is 0 Å². The predicted molar refractivity (Wildman–Crippen MR) is 54.2 cm³/mol. The maximum absolute atomic E-state index is 11.4. The lowest BCUT2D eigenvalue weighted by Crippen LogP contribution is -2.38. The average molecular weight is 220 g/mol. The number of carbonyl (C=O) groups is 3. The van der Waals surface area contributed by atoms with Crippen LogP contribution in [0.4, 0.5) is 10.5 Å². The van der Waals surface area contributed by atoms with E-state index < -0.39 is 17.9 Å². The molecule has 3 amide bonds. The second-order valence-corrected chi connectivity index (χ2v) is 3.39. The summed E-state index contributed by atoms with van der Waals surface area (Å²) in [6, 6.07) is 3.26. The Morgan fingerprint density at radius 1 is 1.38 bits per heavy atom. The highest BCUT2D eigenvalue weighted by atomic mass is 16.4. The number of urea groups is 1. The zero-order chi connectivity index (χ0) is 11.9. The van der Waals surface area contributed by atoms with E-state index in [1.165, 1.54) is 18.2 Å². The van der Waals surface area contributed by atoms with Crippen molar-refractivity contribution in [2.45, 2.75) is 6.42 Å². The van der Waals surface area contributed by atoms with Crippen LogP contribution in [0.1, 0.15) is 15.9 Å². The Bertz CT molecular complexity index is 510. The number of carboxylic acids is 1. The number of hydrogen-bond acceptors (Lipinski definition) is 3. The second-order valence-electron chi connectivity index (χ2n) is 3.39. The van der Waals surface area contributed by atoms with Crippen LogP contribution >= 0.6 is 0 Å². The van der Waals surface area contributed by atoms with Gasteiger partial charge >= 0.3 is 12.0 Å². The first kappa shape index (κ1) is 10.2. The molecule has 1 aliphatic heterocycles. The highest BCUT2D eigenvalue weighted by molar-refractivity contribution is 6.18. The van der Waals surface area contributed by atoms with E-state index in [-0.39, 0.29) is 12.0 Å². The molecule has 0 saturated carbocycles. The number of nitrogens with zero attached hydrogens (tertiary/aromatic N) is 1. The minimum atomic E-state index is -1.08. The summed E-state index contributed by atoms with van der Waals surface area (Å²) < 4.78 is 0. The molecule has 1 heterocycles. The van der Waals surface area contributed by atoms with Crippen LogP contribution < -0.4 is 10.6 Å². The Balaban J connectivity index is 2.50. The summed E-state index contributed by atoms with van der Waals surface area (Å²) in [5.41, 5.74) is 6.00. The summed E-state index contributed by atoms with van der Waals surface area (Å²) in [7, 11) is 0. The van der Waals surface area contributed by atoms with E-state index in [1.54, 1.807) is 0 Å². The number of imide groups is 1. The minimum Gasteiger partial charge on any atom is -0.478 e. The summed E-state index contributed by atoms with van der Waals surface area (Å²) in [5, 5.41) is 8.77. The van der Waals surface area contributed by atoms with E-state index in [4.69, 9.17) is 10.8 Å². The van der Waals surface area contributed by atoms with Crippen LogP contribution in [0, 0.1) is 0 Å². The van der Waals surface area contributed by atoms with Crippen molar-refractivity contribution in [2.75, 3.05) is 4.90 Å². The molecule has 3 N–H and O–H groups in total. The molecule has 0 saturated heterocycles. The van der Waals surface area contributed by atoms with Gasteiger partial charge in [-0.05, 0) is 23.8 Å². The molecule has 0 spiro atoms. The molecule has 1 aromatic carbocycles. The Labute approximate surface area is 90.3 Å². The largest absolute Gasteiger partial charge is 0.478 e. The third-order valence-electron chi connectivity index (χ3n) is 2.38. The van der Waals surface area contributed by atoms with Crippen LogP contribution in [0.2, 0.25) is 0 Å². The molecule has 6 nitrogen and oxygen atoms in total. The number of nitrogens with two attached hydrogens (primary N) is 1. The molecule has 0 aromatic heterocycles. The lowest BCUT2D eigenvalue weighted by atomic mass is 10.1. The molecule has 6 heteroatoms. The quantitative estimate of drug-likeness (QED) is 0.713. The molecular weight excluding hydrogens is 212 g/mol. The summed E-state index contributed by atoms with van der Waals surface area (Å²) in [6.07, 6.45) is -0.000602. The Hall–Kier alpha value is -2.37. The van der Waals surface area contributed by atoms with Gasteiger partial charge in [0.1, 0.15) is 0 Å². The van der Waals surface area contributed by atoms with E-state index in [2.05, 4.69) is 0 Å². The summed E-state index contributed by atoms with van der Waals surface area (Å²) in [6.45, 7) is 0. The van der Waals surface area contributed by atoms with Crippen LogP contribution in [0.5, 0.6) is 0 Å². The monoisotopic (exact) mass is 220 g/mol. The highest BCUT2D eigenvalue weighted by Crippen LogP contribution is 2.29. The topological polar surface area (TPSA) is 101 Å². The van der Waals surface area contributed by atoms with Crippen molar-refractivity contribution in [1.29, 1.82) is 0 Å². The Morgan fingerprint density at radius 3 is 2.62 bits per heavy atom. The van der Waals surface area contributed by atoms with Gasteiger partial charge in [-0.25, -0.2) is 14.5 Å². The van der Waals surface area contributed by atoms with E-state index in [1.807, 2.05) is 0 Å². The fourth-order valence-corrected chi connectivity index (χ4v) is 1.70. The molecule has 0 fully saturated rings. The maximum Gasteiger partial charge on any atom is 0.335 e. The van der Waals surface area contributed by atoms with Gasteiger partial charge in [0.25, 0.3) is 0 Å². The number of carboxylic acid groups (broad SMARTS) is 1. The number of hydrogen-bond donors (Lipinski definition) is 2. The van der Waals surface area contributed by atoms with Crippen molar-refractivity contribution < 1.29 is 19.5 Å². The summed E-state index contributed by atoms with van der Waals surface area (Å²) >= 11 is 0. The molecule has 0 bridgehead atoms. The fraction of sp³-hybridized carbons (Fsp3) is 0.100. The van der Waals surface area contributed by atoms with Crippen molar-refractivity contribution in [3.8, 4) is 0 Å². The number of fused-ring (bicyclic) bond motifs is 1. The Morgan fingerprint density at radius 2 is 2.06 bits per heavy atom. The van der Waals surface area contributed by atoms with Crippen LogP contribution in [0.3, 0.4) is 0 Å². The lowest BCUT2D eigenvalue weighted by molar-refractivity contribution is -0.116. The molecule has 0 aliphatic carbocycles. The second kappa shape index (κ2) is 3.34. The molecular formula is C10H8N2O4. The molecule has 82 valence electrons. The average Bonchev–Trinajstić information content (AvgIpc) is 2.51. The molecule has 0 radical (unpaired) electrons. The normalized spacial score (nSPS) is 13.8. The highest BCUT2D eigenvalue weighted by Gasteiger charge is 2.31. The third-order valence-corrected chi connectivity index (χ3v) is 2.38. The molecule has 0 unspecified atom stereocenters. The summed E-state index contributed by atoms with van der Waals surface area (Å²) in [4.78, 5) is 34.0. The van der Waals surface area contributed by atoms with Crippen LogP contribution in [0.25, 0.3) is 0 Å². The van der Waals surface area contributed by atoms with Gasteiger partial charge in [0.05, 0.1) is 17.7 Å². The molecule has 1 aliphatic rings. The third kappa shape index (κ3) is 1.40. The van der Waals surface area contributed by atoms with Crippen molar-refractivity contribution in [1.82, 2.24) is 0 Å². The number of anilines is 1. The van der Waals surface area contributed by atoms with Gasteiger partial charge in [-0.2, -0.15) is 0 Å². The van der Waals surface area contributed by atoms with Gasteiger partial charge < -0.3 is 10.8 Å². The number of amides is 3. The maximum atomic E-state index is 11.4. The van der Waals surface area contributed by atoms with Crippen LogP contribution in [0.15, 0.2) is 18.2 Å². The Kier molecular flexibility index (Phi) is 2.12. The zero-order valence-electron chi connectivity index (χ0n) is 8.14. The van der Waals surface area contributed by atoms with Crippen LogP contribution in [-0.4, -0.2) is 23.0 Å². The number of rotatable bonds is 1. The number of primary amides is 1. The van der Waals surface area contributed by atoms with Gasteiger partial charge in [-0.15, -0.1) is 0 Å². The standard InChI is InChI=1S/C10H8N2O4/c11-10(16)12-7-2-1-5(9(14)15)3-6(7)4-8(12)13/h1-3H,4H2,(H2,11,16)(H,14,15). The first-order chi connectivity index (χ1) is 7.50. The predicted octanol–water partition coefficient (Wildman–Crippen LogP) is 0.353. The van der Waals surface area contributed by atoms with Gasteiger partial charge in [0.15, 0.2) is 0 Å². The number of benzene rings is 1. The molecule has 2 rings (SSSR count). The minimum absolute atomic E-state index is 0.000602. The van der Waals surface area contributed by atoms with Crippen molar-refractivity contribution >= 4 is 23.6 Å². The number of aromatic carboxylic acids is 1. The number of carbonyl (C=O) groups excluding carboxylic acids is 2. The van der Waals surface area contributed by atoms with E-state index in [0.717, 1.165) is 4.90 Å². The summed E-state index contributed by atoms with van der Waals surface area (Å²) in [5.74, 6) is -1.52. The van der Waals surface area contributed by atoms with E-state index >= 15 is 0 Å².